The molecule has 0 saturated carbocycles. The topological polar surface area (TPSA) is 76.2 Å². The number of amidine groups is 1. The molecule has 3 atom stereocenters. The van der Waals surface area contributed by atoms with E-state index in [4.69, 9.17) is 4.84 Å². The van der Waals surface area contributed by atoms with Crippen molar-refractivity contribution in [3.63, 3.8) is 0 Å². The molecule has 186 valence electrons. The van der Waals surface area contributed by atoms with Gasteiger partial charge in [-0.3, -0.25) is 4.98 Å². The Bertz CT molecular complexity index is 1350. The summed E-state index contributed by atoms with van der Waals surface area (Å²) >= 11 is 0. The monoisotopic (exact) mass is 511 g/mol. The van der Waals surface area contributed by atoms with Gasteiger partial charge in [0.25, 0.3) is 0 Å². The molecule has 0 spiro atoms. The first kappa shape index (κ1) is 24.9. The minimum Gasteiger partial charge on any atom is -0.378 e. The predicted molar refractivity (Wildman–Crippen MR) is 122 cm³/mol. The fourth-order valence-electron chi connectivity index (χ4n) is 4.23. The van der Waals surface area contributed by atoms with Crippen LogP contribution < -0.4 is 0 Å². The first-order valence-electron chi connectivity index (χ1n) is 10.7. The average Bonchev–Trinajstić information content (AvgIpc) is 3.35. The van der Waals surface area contributed by atoms with Gasteiger partial charge < -0.3 is 9.74 Å². The summed E-state index contributed by atoms with van der Waals surface area (Å²) in [4.78, 5) is 11.3. The van der Waals surface area contributed by atoms with Crippen molar-refractivity contribution in [3.8, 4) is 17.2 Å². The number of aromatic nitrogens is 1. The van der Waals surface area contributed by atoms with Crippen molar-refractivity contribution in [1.29, 1.82) is 0 Å². The van der Waals surface area contributed by atoms with Gasteiger partial charge in [-0.2, -0.15) is 0 Å². The van der Waals surface area contributed by atoms with Gasteiger partial charge >= 0.3 is 16.1 Å². The van der Waals surface area contributed by atoms with E-state index in [-0.39, 0.29) is 42.2 Å². The number of rotatable bonds is 3. The molecule has 12 heteroatoms. The van der Waals surface area contributed by atoms with Crippen LogP contribution in [0.4, 0.5) is 17.6 Å². The lowest BCUT2D eigenvalue weighted by atomic mass is 9.88. The van der Waals surface area contributed by atoms with Crippen molar-refractivity contribution in [3.05, 3.63) is 57.1 Å². The van der Waals surface area contributed by atoms with Gasteiger partial charge in [-0.25, -0.2) is 17.6 Å². The molecule has 0 N–H and O–H groups in total. The van der Waals surface area contributed by atoms with E-state index in [0.717, 1.165) is 6.26 Å². The Kier molecular flexibility index (Phi) is 6.48. The van der Waals surface area contributed by atoms with E-state index in [1.165, 1.54) is 29.3 Å². The highest BCUT2D eigenvalue weighted by molar-refractivity contribution is 7.92. The lowest BCUT2D eigenvalue weighted by Crippen LogP contribution is -2.35. The molecule has 2 unspecified atom stereocenters. The number of alkyl halides is 2. The van der Waals surface area contributed by atoms with Gasteiger partial charge in [0.2, 0.25) is 5.60 Å². The second-order valence-corrected chi connectivity index (χ2v) is 10.5. The molecule has 4 rings (SSSR count). The van der Waals surface area contributed by atoms with Crippen LogP contribution in [0.15, 0.2) is 29.6 Å². The molecule has 1 aromatic carbocycles. The molecule has 35 heavy (non-hydrogen) atoms. The Morgan fingerprint density at radius 1 is 1.20 bits per heavy atom. The van der Waals surface area contributed by atoms with E-state index in [1.807, 2.05) is 0 Å². The zero-order valence-corrected chi connectivity index (χ0v) is 20.0. The summed E-state index contributed by atoms with van der Waals surface area (Å²) in [6.45, 7) is 1.96. The van der Waals surface area contributed by atoms with Crippen molar-refractivity contribution in [2.75, 3.05) is 26.0 Å². The second kappa shape index (κ2) is 9.11. The lowest BCUT2D eigenvalue weighted by Gasteiger charge is -2.26. The fraction of sp³-hybridized carbons (Fsp3) is 0.435. The summed E-state index contributed by atoms with van der Waals surface area (Å²) in [5.41, 5.74) is -1.16. The summed E-state index contributed by atoms with van der Waals surface area (Å²) in [7, 11) is -3.72. The van der Waals surface area contributed by atoms with E-state index in [1.54, 1.807) is 13.8 Å². The molecule has 2 aliphatic heterocycles. The number of likely N-dealkylation sites (tertiary alicyclic amines) is 1. The summed E-state index contributed by atoms with van der Waals surface area (Å²) in [6, 6.07) is 6.14. The number of sulfonamides is 1. The SMILES string of the molecule is Cc1cc(F)c(-c2cc(C)cnc2C2(CF)CC(N3CC(C#[N+]S(C)(=O)=O)[C@@H](F)C3)=NO2)c(F)c1. The average molecular weight is 512 g/mol. The molecule has 1 fully saturated rings. The molecule has 2 aromatic rings. The van der Waals surface area contributed by atoms with Gasteiger partial charge in [0.05, 0.1) is 28.5 Å². The smallest absolute Gasteiger partial charge is 0.378 e. The number of pyridine rings is 1. The third kappa shape index (κ3) is 4.96. The number of aryl methyl sites for hydroxylation is 2. The zero-order valence-electron chi connectivity index (χ0n) is 19.2. The van der Waals surface area contributed by atoms with Crippen LogP contribution in [0, 0.1) is 37.5 Å². The Morgan fingerprint density at radius 3 is 2.51 bits per heavy atom. The van der Waals surface area contributed by atoms with Crippen molar-refractivity contribution in [2.45, 2.75) is 32.0 Å². The van der Waals surface area contributed by atoms with Gasteiger partial charge in [0, 0.05) is 18.3 Å². The molecular weight excluding hydrogens is 488 g/mol. The Balaban J connectivity index is 1.67. The second-order valence-electron chi connectivity index (χ2n) is 8.90. The van der Waals surface area contributed by atoms with Crippen LogP contribution in [-0.2, 0) is 20.5 Å². The van der Waals surface area contributed by atoms with Gasteiger partial charge in [0.1, 0.15) is 42.5 Å². The number of halogens is 4. The molecule has 7 nitrogen and oxygen atoms in total. The minimum atomic E-state index is -3.72. The largest absolute Gasteiger partial charge is 0.476 e. The molecule has 0 amide bonds. The summed E-state index contributed by atoms with van der Waals surface area (Å²) in [6.07, 6.45) is 0.648. The third-order valence-electron chi connectivity index (χ3n) is 5.89. The van der Waals surface area contributed by atoms with Crippen molar-refractivity contribution in [2.24, 2.45) is 11.1 Å². The number of hydrogen-bond acceptors (Lipinski definition) is 6. The lowest BCUT2D eigenvalue weighted by molar-refractivity contribution is -0.0435. The Labute approximate surface area is 200 Å². The van der Waals surface area contributed by atoms with E-state index >= 15 is 0 Å². The normalized spacial score (nSPS) is 24.1. The van der Waals surface area contributed by atoms with Gasteiger partial charge in [-0.15, -0.1) is 8.42 Å². The van der Waals surface area contributed by atoms with E-state index in [9.17, 15) is 26.0 Å². The molecule has 1 aromatic heterocycles. The highest BCUT2D eigenvalue weighted by Gasteiger charge is 2.49. The molecule has 0 radical (unpaired) electrons. The third-order valence-corrected chi connectivity index (χ3v) is 6.33. The summed E-state index contributed by atoms with van der Waals surface area (Å²) in [5, 5.41) is 3.94. The number of hydrogen-bond donors (Lipinski definition) is 0. The molecule has 3 heterocycles. The minimum absolute atomic E-state index is 0.000147. The van der Waals surface area contributed by atoms with Gasteiger partial charge in [0.15, 0.2) is 0 Å². The number of oxime groups is 1. The highest BCUT2D eigenvalue weighted by atomic mass is 32.2. The maximum atomic E-state index is 14.8. The molecule has 0 bridgehead atoms. The van der Waals surface area contributed by atoms with Gasteiger partial charge in [-0.1, -0.05) is 5.16 Å². The molecule has 0 aliphatic carbocycles. The summed E-state index contributed by atoms with van der Waals surface area (Å²) in [5.74, 6) is -2.39. The van der Waals surface area contributed by atoms with Crippen LogP contribution in [0.5, 0.6) is 0 Å². The fourth-order valence-corrected chi connectivity index (χ4v) is 4.56. The first-order chi connectivity index (χ1) is 16.4. The summed E-state index contributed by atoms with van der Waals surface area (Å²) < 4.78 is 84.5. The van der Waals surface area contributed by atoms with E-state index < -0.39 is 46.0 Å². The van der Waals surface area contributed by atoms with Crippen LogP contribution in [0.2, 0.25) is 0 Å². The molecular formula is C23H23F4N4O3S+. The van der Waals surface area contributed by atoms with Crippen molar-refractivity contribution >= 4 is 15.9 Å². The molecule has 2 aliphatic rings. The van der Waals surface area contributed by atoms with E-state index in [0.29, 0.717) is 11.1 Å². The van der Waals surface area contributed by atoms with Crippen molar-refractivity contribution in [1.82, 2.24) is 9.88 Å². The molecule has 1 saturated heterocycles. The number of nitrogens with zero attached hydrogens (tertiary/aromatic N) is 4. The standard InChI is InChI=1S/C23H23F4N4O3S/c1-13-5-17(25)21(18(26)6-13)16-4-14(2)8-28-22(16)23(12-24)7-20(30-34-23)31-10-15(19(27)11-31)9-29-35(3,32)33/h4-6,8,15,19H,7,10-12H2,1-3H3/q+1/t15?,19-,23?/m0/s1. The maximum Gasteiger partial charge on any atom is 0.476 e. The Hall–Kier alpha value is -3.20. The van der Waals surface area contributed by atoms with Crippen LogP contribution >= 0.6 is 0 Å². The van der Waals surface area contributed by atoms with E-state index in [2.05, 4.69) is 20.5 Å². The Morgan fingerprint density at radius 2 is 1.89 bits per heavy atom. The maximum absolute atomic E-state index is 14.8. The van der Waals surface area contributed by atoms with Crippen LogP contribution in [-0.4, -0.2) is 56.3 Å². The zero-order chi connectivity index (χ0) is 25.5. The van der Waals surface area contributed by atoms with Crippen LogP contribution in [0.3, 0.4) is 0 Å². The first-order valence-corrected chi connectivity index (χ1v) is 12.6. The quantitative estimate of drug-likeness (QED) is 0.580. The number of benzene rings is 1. The van der Waals surface area contributed by atoms with Crippen LogP contribution in [0.1, 0.15) is 23.2 Å². The highest BCUT2D eigenvalue weighted by Crippen LogP contribution is 2.42. The van der Waals surface area contributed by atoms with Gasteiger partial charge in [-0.05, 0) is 43.2 Å². The van der Waals surface area contributed by atoms with Crippen molar-refractivity contribution < 1.29 is 30.8 Å². The predicted octanol–water partition coefficient (Wildman–Crippen LogP) is 4.10. The van der Waals surface area contributed by atoms with Crippen LogP contribution in [0.25, 0.3) is 15.4 Å².